The van der Waals surface area contributed by atoms with Gasteiger partial charge >= 0.3 is 6.18 Å². The molecule has 0 atom stereocenters. The van der Waals surface area contributed by atoms with Crippen molar-refractivity contribution >= 4 is 17.7 Å². The summed E-state index contributed by atoms with van der Waals surface area (Å²) >= 11 is 0. The Bertz CT molecular complexity index is 479. The molecule has 0 bridgehead atoms. The maximum Gasteiger partial charge on any atom is 0.433 e. The summed E-state index contributed by atoms with van der Waals surface area (Å²) in [5.41, 5.74) is 0.874. The van der Waals surface area contributed by atoms with Gasteiger partial charge in [0.25, 0.3) is 0 Å². The van der Waals surface area contributed by atoms with Crippen molar-refractivity contribution in [3.8, 4) is 0 Å². The third-order valence-corrected chi connectivity index (χ3v) is 2.48. The molecule has 0 aliphatic heterocycles. The molecule has 20 heavy (non-hydrogen) atoms. The predicted molar refractivity (Wildman–Crippen MR) is 66.8 cm³/mol. The van der Waals surface area contributed by atoms with E-state index in [1.54, 1.807) is 0 Å². The van der Waals surface area contributed by atoms with Gasteiger partial charge in [-0.3, -0.25) is 10.2 Å². The Hall–Kier alpha value is -2.10. The molecule has 0 spiro atoms. The minimum Gasteiger partial charge on any atom is -0.359 e. The van der Waals surface area contributed by atoms with Gasteiger partial charge in [-0.25, -0.2) is 10.8 Å². The molecule has 1 aromatic heterocycles. The Labute approximate surface area is 113 Å². The molecule has 0 fully saturated rings. The second kappa shape index (κ2) is 6.37. The third kappa shape index (κ3) is 4.23. The van der Waals surface area contributed by atoms with Crippen LogP contribution in [0.3, 0.4) is 0 Å². The van der Waals surface area contributed by atoms with Gasteiger partial charge in [-0.05, 0) is 0 Å². The number of carbonyl (C=O) groups is 1. The molecule has 1 heterocycles. The van der Waals surface area contributed by atoms with Crippen LogP contribution in [0.1, 0.15) is 12.1 Å². The first-order valence-electron chi connectivity index (χ1n) is 5.62. The second-order valence-corrected chi connectivity index (χ2v) is 3.92. The molecule has 1 aromatic rings. The topological polar surface area (TPSA) is 96.2 Å². The van der Waals surface area contributed by atoms with E-state index >= 15 is 0 Å². The van der Waals surface area contributed by atoms with E-state index in [0.29, 0.717) is 0 Å². The van der Waals surface area contributed by atoms with E-state index in [1.807, 2.05) is 5.43 Å². The Balaban J connectivity index is 2.96. The molecule has 7 nitrogen and oxygen atoms in total. The predicted octanol–water partition coefficient (Wildman–Crippen LogP) is 0.353. The van der Waals surface area contributed by atoms with Crippen LogP contribution in [0.5, 0.6) is 0 Å². The van der Waals surface area contributed by atoms with E-state index in [9.17, 15) is 18.0 Å². The number of halogens is 3. The van der Waals surface area contributed by atoms with Gasteiger partial charge in [-0.15, -0.1) is 0 Å². The highest BCUT2D eigenvalue weighted by Crippen LogP contribution is 2.30. The Morgan fingerprint density at radius 1 is 1.45 bits per heavy atom. The van der Waals surface area contributed by atoms with Crippen LogP contribution in [-0.2, 0) is 11.0 Å². The SMILES string of the molecule is CNC(=O)CCN(C)c1cc(C(F)(F)F)nc(NN)n1. The number of rotatable bonds is 5. The minimum absolute atomic E-state index is 0.0178. The van der Waals surface area contributed by atoms with Gasteiger partial charge in [-0.1, -0.05) is 0 Å². The number of nitrogens with zero attached hydrogens (tertiary/aromatic N) is 3. The summed E-state index contributed by atoms with van der Waals surface area (Å²) in [5.74, 6) is 4.50. The number of hydrogen-bond acceptors (Lipinski definition) is 6. The maximum absolute atomic E-state index is 12.7. The number of hydrogen-bond donors (Lipinski definition) is 3. The number of hydrazine groups is 1. The Morgan fingerprint density at radius 3 is 2.60 bits per heavy atom. The van der Waals surface area contributed by atoms with Gasteiger partial charge in [0.05, 0.1) is 0 Å². The van der Waals surface area contributed by atoms with Crippen molar-refractivity contribution in [2.75, 3.05) is 31.0 Å². The highest BCUT2D eigenvalue weighted by Gasteiger charge is 2.34. The first-order valence-corrected chi connectivity index (χ1v) is 5.62. The average Bonchev–Trinajstić information content (AvgIpc) is 2.42. The fourth-order valence-electron chi connectivity index (χ4n) is 1.35. The fourth-order valence-corrected chi connectivity index (χ4v) is 1.35. The normalized spacial score (nSPS) is 11.1. The molecule has 0 aliphatic carbocycles. The molecule has 0 aliphatic rings. The summed E-state index contributed by atoms with van der Waals surface area (Å²) in [6.45, 7) is 0.206. The van der Waals surface area contributed by atoms with Crippen molar-refractivity contribution in [2.45, 2.75) is 12.6 Å². The third-order valence-electron chi connectivity index (χ3n) is 2.48. The lowest BCUT2D eigenvalue weighted by atomic mass is 10.3. The number of aromatic nitrogens is 2. The van der Waals surface area contributed by atoms with Crippen LogP contribution in [0.4, 0.5) is 24.9 Å². The molecular formula is C10H15F3N6O. The molecule has 4 N–H and O–H groups in total. The lowest BCUT2D eigenvalue weighted by Crippen LogP contribution is -2.28. The summed E-state index contributed by atoms with van der Waals surface area (Å²) in [6.07, 6.45) is -4.48. The monoisotopic (exact) mass is 292 g/mol. The minimum atomic E-state index is -4.61. The molecule has 0 saturated carbocycles. The molecule has 0 saturated heterocycles. The fraction of sp³-hybridized carbons (Fsp3) is 0.500. The zero-order valence-electron chi connectivity index (χ0n) is 11.0. The smallest absolute Gasteiger partial charge is 0.359 e. The number of alkyl halides is 3. The zero-order chi connectivity index (χ0) is 15.3. The van der Waals surface area contributed by atoms with Crippen LogP contribution in [0.15, 0.2) is 6.07 Å². The molecule has 0 radical (unpaired) electrons. The highest BCUT2D eigenvalue weighted by molar-refractivity contribution is 5.76. The average molecular weight is 292 g/mol. The summed E-state index contributed by atoms with van der Waals surface area (Å²) in [5, 5.41) is 2.42. The Morgan fingerprint density at radius 2 is 2.10 bits per heavy atom. The van der Waals surface area contributed by atoms with E-state index in [0.717, 1.165) is 6.07 Å². The first kappa shape index (κ1) is 16.0. The molecule has 1 rings (SSSR count). The molecule has 0 aromatic carbocycles. The molecule has 0 unspecified atom stereocenters. The number of nitrogens with two attached hydrogens (primary N) is 1. The summed E-state index contributed by atoms with van der Waals surface area (Å²) in [4.78, 5) is 19.6. The number of carbonyl (C=O) groups excluding carboxylic acids is 1. The second-order valence-electron chi connectivity index (χ2n) is 3.92. The van der Waals surface area contributed by atoms with Crippen LogP contribution in [-0.4, -0.2) is 36.5 Å². The van der Waals surface area contributed by atoms with Crippen LogP contribution in [0, 0.1) is 0 Å². The van der Waals surface area contributed by atoms with Crippen LogP contribution in [0.2, 0.25) is 0 Å². The number of amides is 1. The quantitative estimate of drug-likeness (QED) is 0.535. The molecule has 1 amide bonds. The molecule has 112 valence electrons. The largest absolute Gasteiger partial charge is 0.433 e. The first-order chi connectivity index (χ1) is 9.27. The van der Waals surface area contributed by atoms with Gasteiger partial charge in [0.1, 0.15) is 5.82 Å². The van der Waals surface area contributed by atoms with Crippen molar-refractivity contribution in [1.29, 1.82) is 0 Å². The molecule has 10 heteroatoms. The zero-order valence-corrected chi connectivity index (χ0v) is 11.0. The summed E-state index contributed by atoms with van der Waals surface area (Å²) in [7, 11) is 3.00. The van der Waals surface area contributed by atoms with Gasteiger partial charge in [-0.2, -0.15) is 18.2 Å². The van der Waals surface area contributed by atoms with E-state index in [-0.39, 0.29) is 30.6 Å². The summed E-state index contributed by atoms with van der Waals surface area (Å²) in [6, 6.07) is 0.796. The number of anilines is 2. The van der Waals surface area contributed by atoms with Crippen molar-refractivity contribution in [3.63, 3.8) is 0 Å². The standard InChI is InChI=1S/C10H15F3N6O/c1-15-8(20)3-4-19(2)7-5-6(10(11,12)13)16-9(17-7)18-14/h5H,3-4,14H2,1-2H3,(H,15,20)(H,16,17,18). The van der Waals surface area contributed by atoms with Crippen LogP contribution >= 0.6 is 0 Å². The van der Waals surface area contributed by atoms with Crippen molar-refractivity contribution in [2.24, 2.45) is 5.84 Å². The molecular weight excluding hydrogens is 277 g/mol. The van der Waals surface area contributed by atoms with Gasteiger partial charge in [0.2, 0.25) is 11.9 Å². The van der Waals surface area contributed by atoms with E-state index < -0.39 is 11.9 Å². The van der Waals surface area contributed by atoms with Crippen LogP contribution in [0.25, 0.3) is 0 Å². The van der Waals surface area contributed by atoms with E-state index in [2.05, 4.69) is 15.3 Å². The van der Waals surface area contributed by atoms with E-state index in [4.69, 9.17) is 5.84 Å². The lowest BCUT2D eigenvalue weighted by Gasteiger charge is -2.19. The lowest BCUT2D eigenvalue weighted by molar-refractivity contribution is -0.141. The van der Waals surface area contributed by atoms with Crippen LogP contribution < -0.4 is 21.5 Å². The van der Waals surface area contributed by atoms with Crippen molar-refractivity contribution < 1.29 is 18.0 Å². The van der Waals surface area contributed by atoms with Gasteiger partial charge in [0.15, 0.2) is 5.69 Å². The maximum atomic E-state index is 12.7. The van der Waals surface area contributed by atoms with Crippen molar-refractivity contribution in [3.05, 3.63) is 11.8 Å². The number of nitrogen functional groups attached to an aromatic ring is 1. The number of nitrogens with one attached hydrogen (secondary N) is 2. The highest BCUT2D eigenvalue weighted by atomic mass is 19.4. The Kier molecular flexibility index (Phi) is 5.08. The van der Waals surface area contributed by atoms with E-state index in [1.165, 1.54) is 19.0 Å². The van der Waals surface area contributed by atoms with Crippen molar-refractivity contribution in [1.82, 2.24) is 15.3 Å². The summed E-state index contributed by atoms with van der Waals surface area (Å²) < 4.78 is 38.0. The van der Waals surface area contributed by atoms with Gasteiger partial charge in [0, 0.05) is 33.1 Å². The van der Waals surface area contributed by atoms with Gasteiger partial charge < -0.3 is 10.2 Å².